The molecule has 0 saturated heterocycles. The minimum Gasteiger partial charge on any atom is -0.332 e. The zero-order valence-electron chi connectivity index (χ0n) is 11.5. The monoisotopic (exact) mass is 396 g/mol. The second-order valence-electron chi connectivity index (χ2n) is 4.84. The van der Waals surface area contributed by atoms with Crippen LogP contribution < -0.4 is 10.6 Å². The van der Waals surface area contributed by atoms with E-state index in [1.165, 1.54) is 5.56 Å². The van der Waals surface area contributed by atoms with E-state index in [1.54, 1.807) is 0 Å². The van der Waals surface area contributed by atoms with Crippen molar-refractivity contribution in [3.8, 4) is 0 Å². The van der Waals surface area contributed by atoms with Crippen LogP contribution in [0.5, 0.6) is 0 Å². The van der Waals surface area contributed by atoms with Gasteiger partial charge in [0.15, 0.2) is 5.11 Å². The van der Waals surface area contributed by atoms with E-state index in [0.29, 0.717) is 11.0 Å². The molecular weight excluding hydrogens is 379 g/mol. The van der Waals surface area contributed by atoms with Crippen LogP contribution in [-0.2, 0) is 0 Å². The maximum absolute atomic E-state index is 5.34. The molecule has 20 heavy (non-hydrogen) atoms. The molecule has 2 aromatic rings. The van der Waals surface area contributed by atoms with Gasteiger partial charge in [0.2, 0.25) is 0 Å². The Morgan fingerprint density at radius 3 is 2.25 bits per heavy atom. The van der Waals surface area contributed by atoms with Crippen molar-refractivity contribution in [1.29, 1.82) is 0 Å². The number of hydrogen-bond acceptors (Lipinski definition) is 1. The molecule has 0 spiro atoms. The van der Waals surface area contributed by atoms with Crippen LogP contribution in [0, 0.1) is 3.57 Å². The second-order valence-corrected chi connectivity index (χ2v) is 6.41. The van der Waals surface area contributed by atoms with Crippen molar-refractivity contribution < 1.29 is 0 Å². The van der Waals surface area contributed by atoms with Gasteiger partial charge in [-0.15, -0.1) is 0 Å². The molecule has 104 valence electrons. The van der Waals surface area contributed by atoms with E-state index in [2.05, 4.69) is 71.3 Å². The molecular formula is C16H17IN2S. The molecule has 0 radical (unpaired) electrons. The molecule has 2 nitrogen and oxygen atoms in total. The molecule has 2 N–H and O–H groups in total. The number of rotatable bonds is 3. The molecule has 0 unspecified atom stereocenters. The Labute approximate surface area is 139 Å². The van der Waals surface area contributed by atoms with E-state index in [9.17, 15) is 0 Å². The molecule has 0 aliphatic carbocycles. The summed E-state index contributed by atoms with van der Waals surface area (Å²) in [6, 6.07) is 16.4. The fraction of sp³-hybridized carbons (Fsp3) is 0.188. The van der Waals surface area contributed by atoms with Crippen LogP contribution in [0.1, 0.15) is 25.3 Å². The molecule has 4 heteroatoms. The van der Waals surface area contributed by atoms with Gasteiger partial charge in [-0.3, -0.25) is 0 Å². The van der Waals surface area contributed by atoms with Crippen molar-refractivity contribution in [2.45, 2.75) is 19.8 Å². The quantitative estimate of drug-likeness (QED) is 0.549. The molecule has 0 bridgehead atoms. The SMILES string of the molecule is CC(C)c1ccc(NC(=S)Nc2ccccc2I)cc1. The van der Waals surface area contributed by atoms with Crippen LogP contribution in [-0.4, -0.2) is 5.11 Å². The fourth-order valence-electron chi connectivity index (χ4n) is 1.80. The number of nitrogens with one attached hydrogen (secondary N) is 2. The van der Waals surface area contributed by atoms with Gasteiger partial charge >= 0.3 is 0 Å². The van der Waals surface area contributed by atoms with E-state index >= 15 is 0 Å². The summed E-state index contributed by atoms with van der Waals surface area (Å²) >= 11 is 7.62. The lowest BCUT2D eigenvalue weighted by Gasteiger charge is -2.12. The average Bonchev–Trinajstić information content (AvgIpc) is 2.42. The number of para-hydroxylation sites is 1. The molecule has 0 saturated carbocycles. The van der Waals surface area contributed by atoms with Crippen LogP contribution in [0.25, 0.3) is 0 Å². The number of hydrogen-bond donors (Lipinski definition) is 2. The minimum absolute atomic E-state index is 0.542. The van der Waals surface area contributed by atoms with Crippen molar-refractivity contribution in [2.24, 2.45) is 0 Å². The Hall–Kier alpha value is -1.14. The first kappa shape index (κ1) is 15.3. The van der Waals surface area contributed by atoms with Gasteiger partial charge in [-0.05, 0) is 70.6 Å². The summed E-state index contributed by atoms with van der Waals surface area (Å²) in [5.41, 5.74) is 3.34. The second kappa shape index (κ2) is 7.04. The van der Waals surface area contributed by atoms with Crippen molar-refractivity contribution in [3.05, 3.63) is 57.7 Å². The highest BCUT2D eigenvalue weighted by Crippen LogP contribution is 2.19. The highest BCUT2D eigenvalue weighted by molar-refractivity contribution is 14.1. The van der Waals surface area contributed by atoms with Gasteiger partial charge < -0.3 is 10.6 Å². The van der Waals surface area contributed by atoms with E-state index in [1.807, 2.05) is 24.3 Å². The van der Waals surface area contributed by atoms with Crippen LogP contribution in [0.3, 0.4) is 0 Å². The molecule has 2 rings (SSSR count). The average molecular weight is 396 g/mol. The van der Waals surface area contributed by atoms with Crippen molar-refractivity contribution in [2.75, 3.05) is 10.6 Å². The summed E-state index contributed by atoms with van der Waals surface area (Å²) in [6.45, 7) is 4.37. The summed E-state index contributed by atoms with van der Waals surface area (Å²) in [7, 11) is 0. The van der Waals surface area contributed by atoms with Crippen LogP contribution in [0.15, 0.2) is 48.5 Å². The first-order valence-corrected chi connectivity index (χ1v) is 7.97. The number of thiocarbonyl (C=S) groups is 1. The van der Waals surface area contributed by atoms with E-state index < -0.39 is 0 Å². The highest BCUT2D eigenvalue weighted by atomic mass is 127. The summed E-state index contributed by atoms with van der Waals surface area (Å²) < 4.78 is 1.14. The largest absolute Gasteiger partial charge is 0.332 e. The molecule has 0 heterocycles. The predicted molar refractivity (Wildman–Crippen MR) is 99.5 cm³/mol. The third kappa shape index (κ3) is 4.18. The molecule has 0 atom stereocenters. The Kier molecular flexibility index (Phi) is 5.37. The molecule has 0 aliphatic rings. The Morgan fingerprint density at radius 2 is 1.65 bits per heavy atom. The van der Waals surface area contributed by atoms with Crippen molar-refractivity contribution >= 4 is 51.3 Å². The lowest BCUT2D eigenvalue weighted by molar-refractivity contribution is 0.867. The minimum atomic E-state index is 0.542. The Bertz CT molecular complexity index is 594. The van der Waals surface area contributed by atoms with Gasteiger partial charge in [0.05, 0.1) is 5.69 Å². The number of benzene rings is 2. The zero-order chi connectivity index (χ0) is 14.5. The highest BCUT2D eigenvalue weighted by Gasteiger charge is 2.03. The van der Waals surface area contributed by atoms with E-state index in [-0.39, 0.29) is 0 Å². The third-order valence-corrected chi connectivity index (χ3v) is 4.10. The molecule has 0 aliphatic heterocycles. The fourth-order valence-corrected chi connectivity index (χ4v) is 2.55. The normalized spacial score (nSPS) is 10.4. The van der Waals surface area contributed by atoms with Gasteiger partial charge in [-0.25, -0.2) is 0 Å². The van der Waals surface area contributed by atoms with Crippen LogP contribution >= 0.6 is 34.8 Å². The van der Waals surface area contributed by atoms with Crippen molar-refractivity contribution in [1.82, 2.24) is 0 Å². The van der Waals surface area contributed by atoms with E-state index in [0.717, 1.165) is 14.9 Å². The first-order chi connectivity index (χ1) is 9.56. The Morgan fingerprint density at radius 1 is 1.00 bits per heavy atom. The van der Waals surface area contributed by atoms with Gasteiger partial charge in [-0.1, -0.05) is 38.1 Å². The smallest absolute Gasteiger partial charge is 0.175 e. The molecule has 0 aromatic heterocycles. The summed E-state index contributed by atoms with van der Waals surface area (Å²) in [4.78, 5) is 0. The lowest BCUT2D eigenvalue weighted by Crippen LogP contribution is -2.19. The summed E-state index contributed by atoms with van der Waals surface area (Å²) in [5, 5.41) is 7.01. The van der Waals surface area contributed by atoms with Gasteiger partial charge in [0.1, 0.15) is 0 Å². The zero-order valence-corrected chi connectivity index (χ0v) is 14.5. The van der Waals surface area contributed by atoms with Gasteiger partial charge in [0.25, 0.3) is 0 Å². The Balaban J connectivity index is 1.99. The third-order valence-electron chi connectivity index (χ3n) is 2.96. The van der Waals surface area contributed by atoms with Gasteiger partial charge in [0, 0.05) is 9.26 Å². The predicted octanol–water partition coefficient (Wildman–Crippen LogP) is 5.22. The maximum Gasteiger partial charge on any atom is 0.175 e. The summed E-state index contributed by atoms with van der Waals surface area (Å²) in [6.07, 6.45) is 0. The standard InChI is InChI=1S/C16H17IN2S/c1-11(2)12-7-9-13(10-8-12)18-16(20)19-15-6-4-3-5-14(15)17/h3-11H,1-2H3,(H2,18,19,20). The molecule has 0 fully saturated rings. The first-order valence-electron chi connectivity index (χ1n) is 6.49. The maximum atomic E-state index is 5.34. The lowest BCUT2D eigenvalue weighted by atomic mass is 10.0. The van der Waals surface area contributed by atoms with Crippen molar-refractivity contribution in [3.63, 3.8) is 0 Å². The molecule has 0 amide bonds. The molecule has 2 aromatic carbocycles. The number of halogens is 1. The van der Waals surface area contributed by atoms with Crippen LogP contribution in [0.4, 0.5) is 11.4 Å². The number of anilines is 2. The topological polar surface area (TPSA) is 24.1 Å². The summed E-state index contributed by atoms with van der Waals surface area (Å²) in [5.74, 6) is 0.542. The van der Waals surface area contributed by atoms with Gasteiger partial charge in [-0.2, -0.15) is 0 Å². The van der Waals surface area contributed by atoms with E-state index in [4.69, 9.17) is 12.2 Å². The van der Waals surface area contributed by atoms with Crippen LogP contribution in [0.2, 0.25) is 0 Å².